The number of aromatic amines is 1. The number of carbonyl (C=O) groups is 15. The zero-order valence-electron chi connectivity index (χ0n) is 55.8. The lowest BCUT2D eigenvalue weighted by molar-refractivity contribution is -0.192. The summed E-state index contributed by atoms with van der Waals surface area (Å²) < 4.78 is 31.7. The van der Waals surface area contributed by atoms with Crippen LogP contribution in [0.25, 0.3) is 10.9 Å². The summed E-state index contributed by atoms with van der Waals surface area (Å²) in [6.07, 6.45) is 1.66. The van der Waals surface area contributed by atoms with Crippen LogP contribution in [0.1, 0.15) is 168 Å². The maximum atomic E-state index is 14.5. The molecule has 0 unspecified atom stereocenters. The first-order valence-corrected chi connectivity index (χ1v) is 32.6. The van der Waals surface area contributed by atoms with Gasteiger partial charge in [0.15, 0.2) is 6.04 Å². The minimum absolute atomic E-state index is 0.0250. The number of H-pyrrole nitrogens is 1. The van der Waals surface area contributed by atoms with Gasteiger partial charge in [0.1, 0.15) is 48.3 Å². The van der Waals surface area contributed by atoms with Gasteiger partial charge in [-0.15, -0.1) is 0 Å². The van der Waals surface area contributed by atoms with Crippen LogP contribution in [-0.2, 0) is 78.3 Å². The number of nitrogens with one attached hydrogen (secondary N) is 9. The highest BCUT2D eigenvalue weighted by Crippen LogP contribution is 2.23. The Bertz CT molecular complexity index is 3090. The number of aromatic nitrogens is 1. The number of halogens is 3. The molecule has 33 nitrogen and oxygen atoms in total. The second-order valence-electron chi connectivity index (χ2n) is 24.4. The quantitative estimate of drug-likeness (QED) is 0.0385. The second-order valence-corrected chi connectivity index (χ2v) is 24.4. The number of para-hydroxylation sites is 1. The molecule has 36 heteroatoms. The van der Waals surface area contributed by atoms with Gasteiger partial charge in [0.25, 0.3) is 0 Å². The van der Waals surface area contributed by atoms with Gasteiger partial charge < -0.3 is 94.5 Å². The Labute approximate surface area is 568 Å². The summed E-state index contributed by atoms with van der Waals surface area (Å²) in [6, 6.07) is -8.56. The molecule has 0 bridgehead atoms. The highest BCUT2D eigenvalue weighted by molar-refractivity contribution is 6.00. The van der Waals surface area contributed by atoms with Crippen LogP contribution in [0, 0.1) is 5.92 Å². The van der Waals surface area contributed by atoms with E-state index in [2.05, 4.69) is 49.1 Å². The van der Waals surface area contributed by atoms with Crippen molar-refractivity contribution in [3.8, 4) is 0 Å². The molecule has 1 aliphatic heterocycles. The minimum atomic E-state index is -5.08. The first-order chi connectivity index (χ1) is 46.5. The Hall–Kier alpha value is -9.48. The first kappa shape index (κ1) is 85.6. The lowest BCUT2D eigenvalue weighted by Crippen LogP contribution is -2.61. The molecule has 0 radical (unpaired) electrons. The summed E-state index contributed by atoms with van der Waals surface area (Å²) in [5, 5.41) is 75.3. The van der Waals surface area contributed by atoms with Crippen molar-refractivity contribution in [3.63, 3.8) is 0 Å². The standard InChI is InChI=1S/C61H94N12O19.C2HF3O2/c1-5-6-7-8-9-10-11-12-13-14-15-22-49(78)65-45(33-74)58(88)68-41(28-34(2)3)55(85)71-44(31-48(63)77)60(90)73-27-18-21-46(73)59(89)67-39(23-25-50(79)80)53(83)69-42(29-36-32-64-38-20-17-16-19-37(36)38)56(86)70-43(30-47(62)76)57(87)66-40(24-26-51(81)82)54(84)72-52(35(4)75)61(91)92;3-2(4,5)1(6)7/h16-17,19-20,32,34-35,39-46,52,64,74-75H,5-15,18,21-31,33H2,1-4H3,(H2,62,76)(H2,63,77)(H,65,78)(H,66,87)(H,67,89)(H,68,88)(H,69,83)(H,70,86)(H,71,85)(H,72,84)(H,79,80)(H,81,82)(H,91,92);(H,6,7)/t35-,39+,40+,41+,42+,43+,44+,45+,46+,52+;/m1./s1. The summed E-state index contributed by atoms with van der Waals surface area (Å²) in [5.41, 5.74) is 12.0. The van der Waals surface area contributed by atoms with Crippen LogP contribution in [0.15, 0.2) is 30.5 Å². The minimum Gasteiger partial charge on any atom is -0.481 e. The molecule has 19 N–H and O–H groups in total. The van der Waals surface area contributed by atoms with E-state index in [1.165, 1.54) is 38.3 Å². The van der Waals surface area contributed by atoms with Gasteiger partial charge in [-0.1, -0.05) is 103 Å². The summed E-state index contributed by atoms with van der Waals surface area (Å²) in [6.45, 7) is 5.72. The number of hydrogen-bond acceptors (Lipinski definition) is 17. The summed E-state index contributed by atoms with van der Waals surface area (Å²) in [7, 11) is 0. The van der Waals surface area contributed by atoms with Crippen molar-refractivity contribution in [1.29, 1.82) is 0 Å². The van der Waals surface area contributed by atoms with E-state index in [0.29, 0.717) is 22.9 Å². The molecule has 11 amide bonds. The number of nitrogens with zero attached hydrogens (tertiary/aromatic N) is 1. The Morgan fingerprint density at radius 2 is 1.04 bits per heavy atom. The number of fused-ring (bicyclic) bond motifs is 1. The third-order valence-corrected chi connectivity index (χ3v) is 15.7. The van der Waals surface area contributed by atoms with Gasteiger partial charge in [-0.3, -0.25) is 62.3 Å². The molecule has 1 aromatic carbocycles. The Balaban J connectivity index is 0.00000450. The second kappa shape index (κ2) is 43.7. The van der Waals surface area contributed by atoms with E-state index in [9.17, 15) is 106 Å². The van der Waals surface area contributed by atoms with Gasteiger partial charge in [0.05, 0.1) is 25.6 Å². The number of primary amides is 2. The van der Waals surface area contributed by atoms with Crippen LogP contribution in [-0.4, -0.2) is 209 Å². The van der Waals surface area contributed by atoms with Crippen molar-refractivity contribution in [3.05, 3.63) is 36.0 Å². The fraction of sp³-hybridized carbons (Fsp3) is 0.635. The fourth-order valence-electron chi connectivity index (χ4n) is 10.5. The van der Waals surface area contributed by atoms with Crippen molar-refractivity contribution >= 4 is 99.8 Å². The Kier molecular flexibility index (Phi) is 37.8. The fourth-order valence-corrected chi connectivity index (χ4v) is 10.5. The molecular weight excluding hydrogens is 1320 g/mol. The molecular formula is C63H95F3N12O21. The van der Waals surface area contributed by atoms with Crippen molar-refractivity contribution in [2.24, 2.45) is 17.4 Å². The third kappa shape index (κ3) is 32.2. The zero-order valence-corrected chi connectivity index (χ0v) is 55.8. The monoisotopic (exact) mass is 1410 g/mol. The van der Waals surface area contributed by atoms with Crippen molar-refractivity contribution in [1.82, 2.24) is 52.4 Å². The van der Waals surface area contributed by atoms with Crippen molar-refractivity contribution in [2.75, 3.05) is 13.2 Å². The van der Waals surface area contributed by atoms with E-state index >= 15 is 0 Å². The van der Waals surface area contributed by atoms with Gasteiger partial charge in [-0.2, -0.15) is 13.2 Å². The molecule has 1 aromatic heterocycles. The van der Waals surface area contributed by atoms with Gasteiger partial charge in [0, 0.05) is 49.3 Å². The molecule has 1 saturated heterocycles. The van der Waals surface area contributed by atoms with E-state index < -0.39 is 207 Å². The molecule has 2 heterocycles. The number of aliphatic hydroxyl groups excluding tert-OH is 2. The SMILES string of the molecule is CCCCCCCCCCCCCC(=O)N[C@@H](CO)C(=O)N[C@@H](CC(C)C)C(=O)N[C@@H](CC(N)=O)C(=O)N1CCC[C@H]1C(=O)N[C@@H](CCC(=O)O)C(=O)N[C@@H](Cc1c[nH]c2ccccc12)C(=O)N[C@@H](CC(N)=O)C(=O)N[C@@H](CCC(=O)O)C(=O)N[C@H](C(=O)O)[C@@H](C)O.O=C(O)C(F)(F)F. The molecule has 0 spiro atoms. The molecule has 554 valence electrons. The first-order valence-electron chi connectivity index (χ1n) is 32.6. The van der Waals surface area contributed by atoms with Crippen molar-refractivity contribution < 1.29 is 116 Å². The number of aliphatic carboxylic acids is 4. The maximum absolute atomic E-state index is 14.5. The topological polar surface area (TPSA) is 545 Å². The van der Waals surface area contributed by atoms with Crippen LogP contribution in [0.5, 0.6) is 0 Å². The number of aliphatic hydroxyl groups is 2. The number of carboxylic acid groups (broad SMARTS) is 4. The number of benzene rings is 1. The van der Waals surface area contributed by atoms with Crippen LogP contribution in [0.2, 0.25) is 0 Å². The van der Waals surface area contributed by atoms with E-state index in [0.717, 1.165) is 43.9 Å². The summed E-state index contributed by atoms with van der Waals surface area (Å²) in [5.74, 6) is -19.1. The number of carbonyl (C=O) groups excluding carboxylic acids is 11. The number of amides is 11. The highest BCUT2D eigenvalue weighted by atomic mass is 19.4. The number of alkyl halides is 3. The van der Waals surface area contributed by atoms with Crippen molar-refractivity contribution in [2.45, 2.75) is 236 Å². The molecule has 1 fully saturated rings. The van der Waals surface area contributed by atoms with Gasteiger partial charge in [0.2, 0.25) is 65.0 Å². The average molecular weight is 1410 g/mol. The average Bonchev–Trinajstić information content (AvgIpc) is 1.74. The molecule has 1 aliphatic rings. The lowest BCUT2D eigenvalue weighted by Gasteiger charge is -2.31. The smallest absolute Gasteiger partial charge is 0.481 e. The van der Waals surface area contributed by atoms with E-state index in [1.54, 1.807) is 38.1 Å². The van der Waals surface area contributed by atoms with Crippen LogP contribution >= 0.6 is 0 Å². The van der Waals surface area contributed by atoms with Crippen LogP contribution in [0.3, 0.4) is 0 Å². The predicted octanol–water partition coefficient (Wildman–Crippen LogP) is -0.102. The number of unbranched alkanes of at least 4 members (excludes halogenated alkanes) is 10. The van der Waals surface area contributed by atoms with Gasteiger partial charge in [-0.05, 0) is 63.0 Å². The number of likely N-dealkylation sites (tertiary alicyclic amines) is 1. The maximum Gasteiger partial charge on any atom is 0.490 e. The summed E-state index contributed by atoms with van der Waals surface area (Å²) >= 11 is 0. The third-order valence-electron chi connectivity index (χ3n) is 15.7. The Morgan fingerprint density at radius 1 is 0.586 bits per heavy atom. The molecule has 0 aliphatic carbocycles. The molecule has 10 atom stereocenters. The Morgan fingerprint density at radius 3 is 1.56 bits per heavy atom. The largest absolute Gasteiger partial charge is 0.490 e. The number of rotatable bonds is 45. The lowest BCUT2D eigenvalue weighted by atomic mass is 10.0. The van der Waals surface area contributed by atoms with E-state index in [1.807, 2.05) is 5.32 Å². The van der Waals surface area contributed by atoms with E-state index in [4.69, 9.17) is 21.4 Å². The number of nitrogens with two attached hydrogens (primary N) is 2. The number of carboxylic acids is 4. The zero-order chi connectivity index (χ0) is 74.7. The molecule has 99 heavy (non-hydrogen) atoms. The van der Waals surface area contributed by atoms with E-state index in [-0.39, 0.29) is 38.1 Å². The molecule has 2 aromatic rings. The number of hydrogen-bond donors (Lipinski definition) is 17. The molecule has 0 saturated carbocycles. The highest BCUT2D eigenvalue weighted by Gasteiger charge is 2.42. The van der Waals surface area contributed by atoms with Gasteiger partial charge in [-0.25, -0.2) is 9.59 Å². The van der Waals surface area contributed by atoms with Crippen LogP contribution < -0.4 is 54.0 Å². The van der Waals surface area contributed by atoms with Gasteiger partial charge >= 0.3 is 30.1 Å². The summed E-state index contributed by atoms with van der Waals surface area (Å²) in [4.78, 5) is 199. The molecule has 3 rings (SSSR count). The normalized spacial score (nSPS) is 15.5. The predicted molar refractivity (Wildman–Crippen MR) is 344 cm³/mol. The van der Waals surface area contributed by atoms with Crippen LogP contribution in [0.4, 0.5) is 13.2 Å².